The van der Waals surface area contributed by atoms with E-state index in [1.807, 2.05) is 32.0 Å². The molecule has 0 radical (unpaired) electrons. The van der Waals surface area contributed by atoms with Crippen molar-refractivity contribution in [2.45, 2.75) is 33.1 Å². The van der Waals surface area contributed by atoms with Crippen molar-refractivity contribution in [1.29, 1.82) is 0 Å². The minimum Gasteiger partial charge on any atom is -0.338 e. The van der Waals surface area contributed by atoms with Crippen LogP contribution in [-0.2, 0) is 17.6 Å². The summed E-state index contributed by atoms with van der Waals surface area (Å²) >= 11 is 0. The predicted octanol–water partition coefficient (Wildman–Crippen LogP) is 3.22. The van der Waals surface area contributed by atoms with Gasteiger partial charge in [-0.1, -0.05) is 6.92 Å². The summed E-state index contributed by atoms with van der Waals surface area (Å²) in [7, 11) is 0. The Bertz CT molecular complexity index is 747. The van der Waals surface area contributed by atoms with Crippen molar-refractivity contribution in [1.82, 2.24) is 9.97 Å². The van der Waals surface area contributed by atoms with Crippen molar-refractivity contribution in [3.05, 3.63) is 41.6 Å². The zero-order chi connectivity index (χ0) is 16.4. The molecule has 1 amide bonds. The first-order valence-electron chi connectivity index (χ1n) is 7.83. The number of nitrogens with one attached hydrogen (secondary N) is 1. The first kappa shape index (κ1) is 15.4. The number of anilines is 3. The van der Waals surface area contributed by atoms with Crippen molar-refractivity contribution in [3.63, 3.8) is 0 Å². The summed E-state index contributed by atoms with van der Waals surface area (Å²) in [5, 5.41) is 3.01. The largest absolute Gasteiger partial charge is 0.338 e. The Labute approximate surface area is 134 Å². The number of amides is 1. The van der Waals surface area contributed by atoms with Crippen LogP contribution in [0.5, 0.6) is 0 Å². The fourth-order valence-electron chi connectivity index (χ4n) is 2.86. The van der Waals surface area contributed by atoms with Crippen molar-refractivity contribution >= 4 is 23.1 Å². The first-order chi connectivity index (χ1) is 11.1. The van der Waals surface area contributed by atoms with E-state index in [1.54, 1.807) is 4.90 Å². The molecule has 2 heterocycles. The Balaban J connectivity index is 1.90. The molecular weight excluding hydrogens is 295 g/mol. The monoisotopic (exact) mass is 314 g/mol. The average molecular weight is 314 g/mol. The molecule has 6 heteroatoms. The third kappa shape index (κ3) is 2.88. The number of hydrogen-bond donors (Lipinski definition) is 1. The number of carbonyl (C=O) groups is 1. The maximum Gasteiger partial charge on any atom is 0.227 e. The van der Waals surface area contributed by atoms with E-state index in [4.69, 9.17) is 0 Å². The molecule has 0 atom stereocenters. The Kier molecular flexibility index (Phi) is 4.23. The molecule has 0 bridgehead atoms. The average Bonchev–Trinajstić information content (AvgIpc) is 2.57. The van der Waals surface area contributed by atoms with E-state index < -0.39 is 5.82 Å². The van der Waals surface area contributed by atoms with E-state index in [0.29, 0.717) is 31.5 Å². The number of rotatable bonds is 4. The number of aryl methyl sites for hydroxylation is 2. The highest BCUT2D eigenvalue weighted by Crippen LogP contribution is 2.31. The van der Waals surface area contributed by atoms with Crippen LogP contribution in [0, 0.1) is 5.82 Å². The number of fused-ring (bicyclic) bond motifs is 1. The minimum atomic E-state index is -0.418. The summed E-state index contributed by atoms with van der Waals surface area (Å²) in [6.07, 6.45) is 3.08. The smallest absolute Gasteiger partial charge is 0.227 e. The van der Waals surface area contributed by atoms with Gasteiger partial charge in [0.15, 0.2) is 11.6 Å². The summed E-state index contributed by atoms with van der Waals surface area (Å²) in [6.45, 7) is 4.46. The lowest BCUT2D eigenvalue weighted by Crippen LogP contribution is -2.34. The maximum absolute atomic E-state index is 14.2. The third-order valence-corrected chi connectivity index (χ3v) is 4.06. The SMILES string of the molecule is CCc1ncnc(Nc2ccc3c(c2)CCC(=O)N3CC)c1F. The van der Waals surface area contributed by atoms with Gasteiger partial charge in [-0.05, 0) is 43.5 Å². The van der Waals surface area contributed by atoms with Gasteiger partial charge in [-0.3, -0.25) is 4.79 Å². The summed E-state index contributed by atoms with van der Waals surface area (Å²) in [5.74, 6) is -0.0933. The molecule has 5 nitrogen and oxygen atoms in total. The van der Waals surface area contributed by atoms with E-state index in [2.05, 4.69) is 15.3 Å². The zero-order valence-electron chi connectivity index (χ0n) is 13.3. The van der Waals surface area contributed by atoms with Crippen molar-refractivity contribution < 1.29 is 9.18 Å². The van der Waals surface area contributed by atoms with Gasteiger partial charge >= 0.3 is 0 Å². The fourth-order valence-corrected chi connectivity index (χ4v) is 2.86. The van der Waals surface area contributed by atoms with Crippen molar-refractivity contribution in [2.75, 3.05) is 16.8 Å². The molecule has 2 aromatic rings. The standard InChI is InChI=1S/C17H19FN4O/c1-3-13-16(18)17(20-10-19-13)21-12-6-7-14-11(9-12)5-8-15(23)22(14)4-2/h6-7,9-10H,3-5,8H2,1-2H3,(H,19,20,21). The highest BCUT2D eigenvalue weighted by Gasteiger charge is 2.23. The van der Waals surface area contributed by atoms with Crippen molar-refractivity contribution in [2.24, 2.45) is 0 Å². The molecule has 3 rings (SSSR count). The Hall–Kier alpha value is -2.50. The Morgan fingerprint density at radius 3 is 2.83 bits per heavy atom. The van der Waals surface area contributed by atoms with Crippen LogP contribution in [0.2, 0.25) is 0 Å². The third-order valence-electron chi connectivity index (χ3n) is 4.06. The molecule has 1 N–H and O–H groups in total. The van der Waals surface area contributed by atoms with Gasteiger partial charge in [-0.15, -0.1) is 0 Å². The van der Waals surface area contributed by atoms with Crippen molar-refractivity contribution in [3.8, 4) is 0 Å². The molecule has 0 saturated heterocycles. The highest BCUT2D eigenvalue weighted by molar-refractivity contribution is 5.96. The van der Waals surface area contributed by atoms with Crippen LogP contribution >= 0.6 is 0 Å². The lowest BCUT2D eigenvalue weighted by molar-refractivity contribution is -0.118. The minimum absolute atomic E-state index is 0.148. The van der Waals surface area contributed by atoms with Crippen LogP contribution in [0.3, 0.4) is 0 Å². The molecule has 120 valence electrons. The fraction of sp³-hybridized carbons (Fsp3) is 0.353. The molecule has 1 aliphatic rings. The zero-order valence-corrected chi connectivity index (χ0v) is 13.3. The molecule has 0 fully saturated rings. The van der Waals surface area contributed by atoms with Gasteiger partial charge in [0.05, 0.1) is 5.69 Å². The molecule has 23 heavy (non-hydrogen) atoms. The second kappa shape index (κ2) is 6.32. The van der Waals surface area contributed by atoms with Crippen LogP contribution in [0.25, 0.3) is 0 Å². The highest BCUT2D eigenvalue weighted by atomic mass is 19.1. The van der Waals surface area contributed by atoms with Gasteiger partial charge in [-0.2, -0.15) is 0 Å². The molecule has 1 aromatic carbocycles. The maximum atomic E-state index is 14.2. The number of aromatic nitrogens is 2. The number of halogens is 1. The molecule has 1 aliphatic heterocycles. The van der Waals surface area contributed by atoms with E-state index in [0.717, 1.165) is 16.9 Å². The lowest BCUT2D eigenvalue weighted by atomic mass is 10.0. The summed E-state index contributed by atoms with van der Waals surface area (Å²) in [5.41, 5.74) is 3.17. The molecular formula is C17H19FN4O. The number of nitrogens with zero attached hydrogens (tertiary/aromatic N) is 3. The number of hydrogen-bond acceptors (Lipinski definition) is 4. The van der Waals surface area contributed by atoms with Gasteiger partial charge in [0, 0.05) is 24.3 Å². The van der Waals surface area contributed by atoms with E-state index >= 15 is 0 Å². The van der Waals surface area contributed by atoms with Crippen LogP contribution in [0.4, 0.5) is 21.6 Å². The van der Waals surface area contributed by atoms with Gasteiger partial charge < -0.3 is 10.2 Å². The van der Waals surface area contributed by atoms with Crippen LogP contribution in [0.1, 0.15) is 31.5 Å². The quantitative estimate of drug-likeness (QED) is 0.941. The van der Waals surface area contributed by atoms with Gasteiger partial charge in [-0.25, -0.2) is 14.4 Å². The van der Waals surface area contributed by atoms with E-state index in [9.17, 15) is 9.18 Å². The van der Waals surface area contributed by atoms with E-state index in [1.165, 1.54) is 6.33 Å². The number of benzene rings is 1. The predicted molar refractivity (Wildman–Crippen MR) is 87.4 cm³/mol. The molecule has 0 saturated carbocycles. The molecule has 1 aromatic heterocycles. The second-order valence-corrected chi connectivity index (χ2v) is 5.44. The molecule has 0 aliphatic carbocycles. The summed E-state index contributed by atoms with van der Waals surface area (Å²) in [4.78, 5) is 21.6. The van der Waals surface area contributed by atoms with Crippen LogP contribution < -0.4 is 10.2 Å². The van der Waals surface area contributed by atoms with Gasteiger partial charge in [0.25, 0.3) is 0 Å². The van der Waals surface area contributed by atoms with E-state index in [-0.39, 0.29) is 11.7 Å². The second-order valence-electron chi connectivity index (χ2n) is 5.44. The van der Waals surface area contributed by atoms with Gasteiger partial charge in [0.2, 0.25) is 5.91 Å². The lowest BCUT2D eigenvalue weighted by Gasteiger charge is -2.28. The topological polar surface area (TPSA) is 58.1 Å². The van der Waals surface area contributed by atoms with Crippen LogP contribution in [0.15, 0.2) is 24.5 Å². The first-order valence-corrected chi connectivity index (χ1v) is 7.83. The number of carbonyl (C=O) groups excluding carboxylic acids is 1. The normalized spacial score (nSPS) is 13.9. The Morgan fingerprint density at radius 1 is 1.26 bits per heavy atom. The van der Waals surface area contributed by atoms with Gasteiger partial charge in [0.1, 0.15) is 6.33 Å². The van der Waals surface area contributed by atoms with Crippen LogP contribution in [-0.4, -0.2) is 22.4 Å². The molecule has 0 spiro atoms. The summed E-state index contributed by atoms with van der Waals surface area (Å²) in [6, 6.07) is 5.70. The molecule has 0 unspecified atom stereocenters. The summed E-state index contributed by atoms with van der Waals surface area (Å²) < 4.78 is 14.2. The Morgan fingerprint density at radius 2 is 2.09 bits per heavy atom.